The van der Waals surface area contributed by atoms with Crippen molar-refractivity contribution >= 4 is 0 Å². The summed E-state index contributed by atoms with van der Waals surface area (Å²) in [5, 5.41) is 3.39. The Balaban J connectivity index is 1.88. The lowest BCUT2D eigenvalue weighted by molar-refractivity contribution is 0.230. The van der Waals surface area contributed by atoms with Crippen molar-refractivity contribution in [3.05, 3.63) is 0 Å². The molecule has 0 amide bonds. The van der Waals surface area contributed by atoms with Gasteiger partial charge in [0.25, 0.3) is 0 Å². The van der Waals surface area contributed by atoms with Crippen LogP contribution in [0.1, 0.15) is 64.7 Å². The molecule has 0 aliphatic heterocycles. The first kappa shape index (κ1) is 16.0. The molecule has 1 N–H and O–H groups in total. The quantitative estimate of drug-likeness (QED) is 0.598. The zero-order chi connectivity index (χ0) is 13.1. The van der Waals surface area contributed by atoms with E-state index in [1.807, 2.05) is 0 Å². The Kier molecular flexibility index (Phi) is 9.59. The number of rotatable bonds is 10. The molecule has 0 bridgehead atoms. The third kappa shape index (κ3) is 8.10. The van der Waals surface area contributed by atoms with Crippen LogP contribution in [0.25, 0.3) is 0 Å². The van der Waals surface area contributed by atoms with Crippen LogP contribution >= 0.6 is 0 Å². The molecule has 1 saturated carbocycles. The highest BCUT2D eigenvalue weighted by Crippen LogP contribution is 2.24. The summed E-state index contributed by atoms with van der Waals surface area (Å²) in [7, 11) is 2.31. The lowest BCUT2D eigenvalue weighted by Gasteiger charge is -2.26. The molecule has 2 heteroatoms. The molecule has 0 radical (unpaired) electrons. The Morgan fingerprint density at radius 1 is 1.00 bits per heavy atom. The Morgan fingerprint density at radius 2 is 1.72 bits per heavy atom. The maximum atomic E-state index is 3.39. The van der Waals surface area contributed by atoms with Gasteiger partial charge in [-0.15, -0.1) is 0 Å². The average molecular weight is 254 g/mol. The average Bonchev–Trinajstić information content (AvgIpc) is 2.39. The highest BCUT2D eigenvalue weighted by atomic mass is 15.1. The van der Waals surface area contributed by atoms with Crippen LogP contribution in [0.5, 0.6) is 0 Å². The fraction of sp³-hybridized carbons (Fsp3) is 1.00. The maximum absolute atomic E-state index is 3.39. The van der Waals surface area contributed by atoms with E-state index in [-0.39, 0.29) is 0 Å². The number of nitrogens with zero attached hydrogens (tertiary/aromatic N) is 1. The standard InChI is InChI=1S/C16H34N2/c1-3-17-13-9-4-5-10-14-18(2)15-16-11-7-6-8-12-16/h16-17H,3-15H2,1-2H3. The molecule has 0 aromatic heterocycles. The van der Waals surface area contributed by atoms with Gasteiger partial charge in [0.05, 0.1) is 0 Å². The van der Waals surface area contributed by atoms with Crippen molar-refractivity contribution in [1.29, 1.82) is 0 Å². The molecule has 18 heavy (non-hydrogen) atoms. The van der Waals surface area contributed by atoms with Crippen molar-refractivity contribution in [2.24, 2.45) is 5.92 Å². The summed E-state index contributed by atoms with van der Waals surface area (Å²) >= 11 is 0. The lowest BCUT2D eigenvalue weighted by Crippen LogP contribution is -2.27. The van der Waals surface area contributed by atoms with Crippen LogP contribution in [0.3, 0.4) is 0 Å². The van der Waals surface area contributed by atoms with Crippen molar-refractivity contribution in [3.63, 3.8) is 0 Å². The molecule has 1 aliphatic carbocycles. The Hall–Kier alpha value is -0.0800. The van der Waals surface area contributed by atoms with Gasteiger partial charge in [-0.2, -0.15) is 0 Å². The van der Waals surface area contributed by atoms with Crippen LogP contribution < -0.4 is 5.32 Å². The van der Waals surface area contributed by atoms with Gasteiger partial charge in [0.2, 0.25) is 0 Å². The van der Waals surface area contributed by atoms with Crippen LogP contribution in [0, 0.1) is 5.92 Å². The van der Waals surface area contributed by atoms with Gasteiger partial charge in [-0.3, -0.25) is 0 Å². The van der Waals surface area contributed by atoms with Crippen molar-refractivity contribution in [2.75, 3.05) is 33.2 Å². The van der Waals surface area contributed by atoms with E-state index in [0.717, 1.165) is 12.5 Å². The van der Waals surface area contributed by atoms with Gasteiger partial charge in [0.15, 0.2) is 0 Å². The number of nitrogens with one attached hydrogen (secondary N) is 1. The van der Waals surface area contributed by atoms with Crippen LogP contribution in [0.15, 0.2) is 0 Å². The summed E-state index contributed by atoms with van der Waals surface area (Å²) in [4.78, 5) is 2.57. The summed E-state index contributed by atoms with van der Waals surface area (Å²) in [6.07, 6.45) is 12.9. The molecule has 2 nitrogen and oxygen atoms in total. The van der Waals surface area contributed by atoms with E-state index >= 15 is 0 Å². The van der Waals surface area contributed by atoms with Gasteiger partial charge < -0.3 is 10.2 Å². The predicted molar refractivity (Wildman–Crippen MR) is 81.1 cm³/mol. The van der Waals surface area contributed by atoms with Gasteiger partial charge in [-0.05, 0) is 58.3 Å². The van der Waals surface area contributed by atoms with Gasteiger partial charge in [0, 0.05) is 6.54 Å². The number of hydrogen-bond donors (Lipinski definition) is 1. The van der Waals surface area contributed by atoms with Crippen LogP contribution in [-0.2, 0) is 0 Å². The van der Waals surface area contributed by atoms with Crippen LogP contribution in [0.4, 0.5) is 0 Å². The number of hydrogen-bond acceptors (Lipinski definition) is 2. The van der Waals surface area contributed by atoms with Gasteiger partial charge in [-0.25, -0.2) is 0 Å². The number of unbranched alkanes of at least 4 members (excludes halogenated alkanes) is 3. The Bertz CT molecular complexity index is 176. The molecular formula is C16H34N2. The van der Waals surface area contributed by atoms with E-state index in [0.29, 0.717) is 0 Å². The zero-order valence-corrected chi connectivity index (χ0v) is 12.7. The summed E-state index contributed by atoms with van der Waals surface area (Å²) < 4.78 is 0. The second kappa shape index (κ2) is 10.8. The van der Waals surface area contributed by atoms with E-state index in [4.69, 9.17) is 0 Å². The molecule has 0 saturated heterocycles. The van der Waals surface area contributed by atoms with E-state index in [9.17, 15) is 0 Å². The molecule has 0 spiro atoms. The maximum Gasteiger partial charge on any atom is 0.000661 e. The first-order valence-electron chi connectivity index (χ1n) is 8.22. The molecule has 0 atom stereocenters. The topological polar surface area (TPSA) is 15.3 Å². The zero-order valence-electron chi connectivity index (χ0n) is 12.7. The molecule has 0 heterocycles. The third-order valence-electron chi connectivity index (χ3n) is 4.19. The minimum atomic E-state index is 0.998. The third-order valence-corrected chi connectivity index (χ3v) is 4.19. The largest absolute Gasteiger partial charge is 0.317 e. The second-order valence-corrected chi connectivity index (χ2v) is 6.03. The minimum Gasteiger partial charge on any atom is -0.317 e. The van der Waals surface area contributed by atoms with E-state index in [1.54, 1.807) is 0 Å². The molecule has 108 valence electrons. The van der Waals surface area contributed by atoms with Crippen molar-refractivity contribution in [1.82, 2.24) is 10.2 Å². The SMILES string of the molecule is CCNCCCCCCN(C)CC1CCCCC1. The highest BCUT2D eigenvalue weighted by Gasteiger charge is 2.14. The van der Waals surface area contributed by atoms with Crippen LogP contribution in [-0.4, -0.2) is 38.1 Å². The van der Waals surface area contributed by atoms with Crippen molar-refractivity contribution < 1.29 is 0 Å². The predicted octanol–water partition coefficient (Wildman–Crippen LogP) is 3.67. The lowest BCUT2D eigenvalue weighted by atomic mass is 9.89. The molecule has 1 rings (SSSR count). The van der Waals surface area contributed by atoms with Gasteiger partial charge >= 0.3 is 0 Å². The highest BCUT2D eigenvalue weighted by molar-refractivity contribution is 4.68. The summed E-state index contributed by atoms with van der Waals surface area (Å²) in [6, 6.07) is 0. The fourth-order valence-corrected chi connectivity index (χ4v) is 3.06. The Labute approximate surface area is 115 Å². The van der Waals surface area contributed by atoms with Gasteiger partial charge in [0.1, 0.15) is 0 Å². The molecule has 0 aromatic carbocycles. The van der Waals surface area contributed by atoms with Crippen molar-refractivity contribution in [2.45, 2.75) is 64.7 Å². The first-order chi connectivity index (χ1) is 8.83. The molecule has 1 aliphatic rings. The Morgan fingerprint density at radius 3 is 2.44 bits per heavy atom. The first-order valence-corrected chi connectivity index (χ1v) is 8.22. The smallest absolute Gasteiger partial charge is 0.000661 e. The normalized spacial score (nSPS) is 17.5. The minimum absolute atomic E-state index is 0.998. The monoisotopic (exact) mass is 254 g/mol. The van der Waals surface area contributed by atoms with Crippen LogP contribution in [0.2, 0.25) is 0 Å². The molecule has 0 aromatic rings. The van der Waals surface area contributed by atoms with E-state index < -0.39 is 0 Å². The summed E-state index contributed by atoms with van der Waals surface area (Å²) in [5.74, 6) is 0.998. The second-order valence-electron chi connectivity index (χ2n) is 6.03. The van der Waals surface area contributed by atoms with Crippen molar-refractivity contribution in [3.8, 4) is 0 Å². The van der Waals surface area contributed by atoms with E-state index in [2.05, 4.69) is 24.2 Å². The summed E-state index contributed by atoms with van der Waals surface area (Å²) in [5.41, 5.74) is 0. The van der Waals surface area contributed by atoms with E-state index in [1.165, 1.54) is 77.4 Å². The fourth-order valence-electron chi connectivity index (χ4n) is 3.06. The molecular weight excluding hydrogens is 220 g/mol. The van der Waals surface area contributed by atoms with Gasteiger partial charge in [-0.1, -0.05) is 39.0 Å². The molecule has 1 fully saturated rings. The summed E-state index contributed by atoms with van der Waals surface area (Å²) in [6.45, 7) is 7.15. The molecule has 0 unspecified atom stereocenters.